The number of hydrogen-bond acceptors (Lipinski definition) is 6. The summed E-state index contributed by atoms with van der Waals surface area (Å²) in [5, 5.41) is 9.03. The first-order valence-electron chi connectivity index (χ1n) is 9.02. The Hall–Kier alpha value is -3.73. The van der Waals surface area contributed by atoms with Gasteiger partial charge < -0.3 is 9.80 Å². The molecule has 1 aliphatic rings. The second-order valence-electron chi connectivity index (χ2n) is 6.57. The first kappa shape index (κ1) is 17.7. The van der Waals surface area contributed by atoms with Gasteiger partial charge in [-0.2, -0.15) is 5.26 Å². The predicted octanol–water partition coefficient (Wildman–Crippen LogP) is 1.80. The fourth-order valence-corrected chi connectivity index (χ4v) is 3.27. The smallest absolute Gasteiger partial charge is 0.254 e. The van der Waals surface area contributed by atoms with E-state index in [9.17, 15) is 4.79 Å². The van der Waals surface area contributed by atoms with E-state index in [1.165, 1.54) is 0 Å². The van der Waals surface area contributed by atoms with Crippen molar-refractivity contribution in [2.24, 2.45) is 0 Å². The van der Waals surface area contributed by atoms with E-state index < -0.39 is 0 Å². The van der Waals surface area contributed by atoms with Crippen molar-refractivity contribution < 1.29 is 4.79 Å². The summed E-state index contributed by atoms with van der Waals surface area (Å²) in [6.07, 6.45) is 5.26. The fourth-order valence-electron chi connectivity index (χ4n) is 3.27. The van der Waals surface area contributed by atoms with Crippen LogP contribution in [0.4, 0.5) is 5.82 Å². The summed E-state index contributed by atoms with van der Waals surface area (Å²) in [7, 11) is 0. The molecule has 3 aromatic rings. The number of aryl methyl sites for hydroxylation is 1. The predicted molar refractivity (Wildman–Crippen MR) is 103 cm³/mol. The third kappa shape index (κ3) is 3.55. The van der Waals surface area contributed by atoms with Crippen LogP contribution in [0.3, 0.4) is 0 Å². The quantitative estimate of drug-likeness (QED) is 0.695. The number of benzene rings is 1. The molecule has 2 aromatic heterocycles. The van der Waals surface area contributed by atoms with Crippen LogP contribution in [-0.4, -0.2) is 56.5 Å². The zero-order chi connectivity index (χ0) is 19.5. The number of nitrogens with zero attached hydrogens (tertiary/aromatic N) is 7. The molecule has 1 amide bonds. The Morgan fingerprint density at radius 2 is 1.89 bits per heavy atom. The normalized spacial score (nSPS) is 14.0. The number of anilines is 1. The second-order valence-corrected chi connectivity index (χ2v) is 6.57. The van der Waals surface area contributed by atoms with Crippen LogP contribution in [0.2, 0.25) is 0 Å². The zero-order valence-corrected chi connectivity index (χ0v) is 15.5. The maximum Gasteiger partial charge on any atom is 0.254 e. The molecular formula is C20H19N7O. The van der Waals surface area contributed by atoms with E-state index in [1.807, 2.05) is 28.7 Å². The summed E-state index contributed by atoms with van der Waals surface area (Å²) in [5.41, 5.74) is 1.04. The van der Waals surface area contributed by atoms with Gasteiger partial charge in [0.2, 0.25) is 0 Å². The highest BCUT2D eigenvalue weighted by atomic mass is 16.2. The lowest BCUT2D eigenvalue weighted by molar-refractivity contribution is 0.0746. The van der Waals surface area contributed by atoms with Gasteiger partial charge in [0.05, 0.1) is 11.6 Å². The van der Waals surface area contributed by atoms with Crippen molar-refractivity contribution in [3.05, 3.63) is 66.0 Å². The lowest BCUT2D eigenvalue weighted by Gasteiger charge is -2.35. The largest absolute Gasteiger partial charge is 0.353 e. The fraction of sp³-hybridized carbons (Fsp3) is 0.250. The minimum Gasteiger partial charge on any atom is -0.353 e. The number of aromatic nitrogens is 4. The Labute approximate surface area is 162 Å². The number of hydrogen-bond donors (Lipinski definition) is 0. The highest BCUT2D eigenvalue weighted by molar-refractivity contribution is 5.94. The summed E-state index contributed by atoms with van der Waals surface area (Å²) in [5.74, 6) is 2.25. The summed E-state index contributed by atoms with van der Waals surface area (Å²) in [4.78, 5) is 29.8. The molecule has 1 aromatic carbocycles. The molecule has 0 aliphatic carbocycles. The topological polar surface area (TPSA) is 90.9 Å². The van der Waals surface area contributed by atoms with Crippen molar-refractivity contribution in [3.63, 3.8) is 0 Å². The van der Waals surface area contributed by atoms with Crippen molar-refractivity contribution >= 4 is 11.7 Å². The number of imidazole rings is 1. The van der Waals surface area contributed by atoms with Crippen LogP contribution in [0.25, 0.3) is 5.82 Å². The van der Waals surface area contributed by atoms with Crippen LogP contribution < -0.4 is 4.90 Å². The Balaban J connectivity index is 1.47. The number of carbonyl (C=O) groups excluding carboxylic acids is 1. The van der Waals surface area contributed by atoms with Crippen LogP contribution in [0.1, 0.15) is 21.7 Å². The minimum atomic E-state index is -0.0466. The highest BCUT2D eigenvalue weighted by Crippen LogP contribution is 2.18. The molecule has 0 N–H and O–H groups in total. The summed E-state index contributed by atoms with van der Waals surface area (Å²) >= 11 is 0. The second kappa shape index (κ2) is 7.48. The van der Waals surface area contributed by atoms with E-state index in [0.717, 1.165) is 11.6 Å². The molecule has 0 saturated carbocycles. The van der Waals surface area contributed by atoms with Gasteiger partial charge in [-0.1, -0.05) is 6.07 Å². The van der Waals surface area contributed by atoms with Crippen molar-refractivity contribution in [3.8, 4) is 11.9 Å². The minimum absolute atomic E-state index is 0.0466. The van der Waals surface area contributed by atoms with Crippen LogP contribution in [0, 0.1) is 18.3 Å². The Morgan fingerprint density at radius 3 is 2.61 bits per heavy atom. The average molecular weight is 373 g/mol. The number of piperazine rings is 1. The molecule has 0 spiro atoms. The molecule has 140 valence electrons. The van der Waals surface area contributed by atoms with E-state index >= 15 is 0 Å². The van der Waals surface area contributed by atoms with E-state index in [4.69, 9.17) is 5.26 Å². The van der Waals surface area contributed by atoms with Gasteiger partial charge >= 0.3 is 0 Å². The van der Waals surface area contributed by atoms with Gasteiger partial charge in [-0.05, 0) is 25.1 Å². The van der Waals surface area contributed by atoms with E-state index in [0.29, 0.717) is 43.1 Å². The SMILES string of the molecule is Cc1nc(N2CCN(C(=O)c3cccc(C#N)c3)CC2)cc(-n2ccnc2)n1. The third-order valence-corrected chi connectivity index (χ3v) is 4.71. The highest BCUT2D eigenvalue weighted by Gasteiger charge is 2.23. The van der Waals surface area contributed by atoms with Gasteiger partial charge in [0, 0.05) is 50.2 Å². The van der Waals surface area contributed by atoms with Gasteiger partial charge in [-0.3, -0.25) is 9.36 Å². The Morgan fingerprint density at radius 1 is 1.11 bits per heavy atom. The van der Waals surface area contributed by atoms with Crippen LogP contribution in [0.5, 0.6) is 0 Å². The van der Waals surface area contributed by atoms with E-state index in [-0.39, 0.29) is 5.91 Å². The number of amides is 1. The van der Waals surface area contributed by atoms with Gasteiger partial charge in [-0.25, -0.2) is 15.0 Å². The van der Waals surface area contributed by atoms with Crippen molar-refractivity contribution in [2.45, 2.75) is 6.92 Å². The first-order chi connectivity index (χ1) is 13.6. The van der Waals surface area contributed by atoms with Gasteiger partial charge in [0.15, 0.2) is 0 Å². The van der Waals surface area contributed by atoms with E-state index in [1.54, 1.807) is 36.8 Å². The van der Waals surface area contributed by atoms with Gasteiger partial charge in [0.1, 0.15) is 23.8 Å². The number of rotatable bonds is 3. The molecule has 1 aliphatic heterocycles. The molecule has 0 unspecified atom stereocenters. The van der Waals surface area contributed by atoms with Crippen LogP contribution >= 0.6 is 0 Å². The maximum atomic E-state index is 12.7. The number of nitriles is 1. The summed E-state index contributed by atoms with van der Waals surface area (Å²) in [6, 6.07) is 10.8. The maximum absolute atomic E-state index is 12.7. The first-order valence-corrected chi connectivity index (χ1v) is 9.02. The molecular weight excluding hydrogens is 354 g/mol. The molecule has 4 rings (SSSR count). The van der Waals surface area contributed by atoms with Crippen LogP contribution in [-0.2, 0) is 0 Å². The molecule has 1 saturated heterocycles. The molecule has 8 heteroatoms. The summed E-state index contributed by atoms with van der Waals surface area (Å²) in [6.45, 7) is 4.43. The standard InChI is InChI=1S/C20H19N7O/c1-15-23-18(12-19(24-15)27-6-5-22-14-27)25-7-9-26(10-8-25)20(28)17-4-2-3-16(11-17)13-21/h2-6,11-12,14H,7-10H2,1H3. The molecule has 28 heavy (non-hydrogen) atoms. The average Bonchev–Trinajstić information content (AvgIpc) is 3.28. The Bertz CT molecular complexity index is 1030. The molecule has 0 radical (unpaired) electrons. The molecule has 0 bridgehead atoms. The van der Waals surface area contributed by atoms with Gasteiger partial charge in [0.25, 0.3) is 5.91 Å². The summed E-state index contributed by atoms with van der Waals surface area (Å²) < 4.78 is 1.85. The van der Waals surface area contributed by atoms with E-state index in [2.05, 4.69) is 25.9 Å². The molecule has 3 heterocycles. The van der Waals surface area contributed by atoms with Crippen molar-refractivity contribution in [2.75, 3.05) is 31.1 Å². The lowest BCUT2D eigenvalue weighted by atomic mass is 10.1. The zero-order valence-electron chi connectivity index (χ0n) is 15.5. The monoisotopic (exact) mass is 373 g/mol. The Kier molecular flexibility index (Phi) is 4.72. The van der Waals surface area contributed by atoms with Crippen molar-refractivity contribution in [1.82, 2.24) is 24.4 Å². The number of carbonyl (C=O) groups is 1. The van der Waals surface area contributed by atoms with Gasteiger partial charge in [-0.15, -0.1) is 0 Å². The molecule has 8 nitrogen and oxygen atoms in total. The van der Waals surface area contributed by atoms with Crippen LogP contribution in [0.15, 0.2) is 49.1 Å². The lowest BCUT2D eigenvalue weighted by Crippen LogP contribution is -2.49. The van der Waals surface area contributed by atoms with Crippen molar-refractivity contribution in [1.29, 1.82) is 5.26 Å². The molecule has 0 atom stereocenters. The third-order valence-electron chi connectivity index (χ3n) is 4.71. The molecule has 1 fully saturated rings.